The molecule has 12 rings (SSSR count). The van der Waals surface area contributed by atoms with Crippen molar-refractivity contribution in [2.45, 2.75) is 0 Å². The zero-order valence-electron chi connectivity index (χ0n) is 43.1. The molecule has 0 nitrogen and oxygen atoms in total. The summed E-state index contributed by atoms with van der Waals surface area (Å²) < 4.78 is 0. The maximum Gasteiger partial charge on any atom is 0 e. The Bertz CT molecular complexity index is 2580. The van der Waals surface area contributed by atoms with Crippen molar-refractivity contribution < 1.29 is 32.8 Å². The third kappa shape index (κ3) is 17.2. The Labute approximate surface area is 488 Å². The summed E-state index contributed by atoms with van der Waals surface area (Å²) in [7, 11) is -1.78. The van der Waals surface area contributed by atoms with Crippen LogP contribution in [0.3, 0.4) is 0 Å². The van der Waals surface area contributed by atoms with E-state index in [-0.39, 0.29) is 32.8 Å². The van der Waals surface area contributed by atoms with E-state index in [1.54, 1.807) is 0 Å². The fourth-order valence-electron chi connectivity index (χ4n) is 8.71. The fraction of sp³-hybridized carbons (Fsp3) is 0. The molecule has 6 heteroatoms. The van der Waals surface area contributed by atoms with Gasteiger partial charge in [0, 0.05) is 20.4 Å². The van der Waals surface area contributed by atoms with Crippen LogP contribution in [0.4, 0.5) is 0 Å². The van der Waals surface area contributed by atoms with E-state index in [0.717, 1.165) is 0 Å². The van der Waals surface area contributed by atoms with E-state index in [1.165, 1.54) is 63.7 Å². The van der Waals surface area contributed by atoms with Gasteiger partial charge in [-0.15, -0.1) is 0 Å². The average Bonchev–Trinajstić information content (AvgIpc) is 3.51. The van der Waals surface area contributed by atoms with Crippen molar-refractivity contribution in [1.82, 2.24) is 0 Å². The predicted molar refractivity (Wildman–Crippen MR) is 341 cm³/mol. The number of benzene rings is 12. The number of halogens is 1. The van der Waals surface area contributed by atoms with Crippen LogP contribution in [0.5, 0.6) is 0 Å². The minimum absolute atomic E-state index is 0. The molecule has 0 aromatic heterocycles. The van der Waals surface area contributed by atoms with Crippen molar-refractivity contribution in [2.75, 3.05) is 0 Å². The van der Waals surface area contributed by atoms with Crippen LogP contribution in [0.25, 0.3) is 0 Å². The van der Waals surface area contributed by atoms with Gasteiger partial charge in [0.05, 0.1) is 0 Å². The van der Waals surface area contributed by atoms with Crippen LogP contribution >= 0.6 is 31.7 Å². The Morgan fingerprint density at radius 2 is 0.179 bits per heavy atom. The Kier molecular flexibility index (Phi) is 24.9. The predicted octanol–water partition coefficient (Wildman–Crippen LogP) is 10.8. The van der Waals surface area contributed by atoms with Gasteiger partial charge in [0.2, 0.25) is 0 Å². The molecule has 386 valence electrons. The molecule has 0 aliphatic rings. The number of hydrogen-bond donors (Lipinski definition) is 0. The standard InChI is InChI=1S/4C18H15P.ClH.Pd/c4*1-4-10-16(11-5-1)19(17-12-6-2-7-13-17)18-14-8-3-9-15-18;;/h4*1-15H;1H;/p-1. The molecule has 0 unspecified atom stereocenters. The Hall–Kier alpha value is -6.69. The van der Waals surface area contributed by atoms with Crippen LogP contribution in [0, 0.1) is 0 Å². The molecule has 0 saturated heterocycles. The SMILES string of the molecule is [Cl-].[Pd].c1ccc(P(c2ccccc2)c2ccccc2)cc1.c1ccc(P(c2ccccc2)c2ccccc2)cc1.c1ccc(P(c2ccccc2)c2ccccc2)cc1.c1ccc(P(c2ccccc2)c2ccccc2)cc1. The van der Waals surface area contributed by atoms with Crippen molar-refractivity contribution in [3.63, 3.8) is 0 Å². The summed E-state index contributed by atoms with van der Waals surface area (Å²) in [5, 5.41) is 16.8. The summed E-state index contributed by atoms with van der Waals surface area (Å²) in [6.07, 6.45) is 0. The summed E-state index contributed by atoms with van der Waals surface area (Å²) in [6, 6.07) is 129. The smallest absolute Gasteiger partial charge is 0 e. The van der Waals surface area contributed by atoms with E-state index >= 15 is 0 Å². The fourth-order valence-corrected chi connectivity index (χ4v) is 17.9. The first-order chi connectivity index (χ1) is 37.8. The maximum absolute atomic E-state index is 2.23. The molecule has 12 aromatic rings. The summed E-state index contributed by atoms with van der Waals surface area (Å²) in [5.41, 5.74) is 0. The van der Waals surface area contributed by atoms with Gasteiger partial charge in [0.15, 0.2) is 0 Å². The maximum atomic E-state index is 2.23. The van der Waals surface area contributed by atoms with E-state index in [2.05, 4.69) is 364 Å². The molecule has 0 amide bonds. The van der Waals surface area contributed by atoms with Crippen LogP contribution < -0.4 is 76.1 Å². The Balaban J connectivity index is 0.000000149. The average molecular weight is 1190 g/mol. The molecule has 0 radical (unpaired) electrons. The minimum atomic E-state index is -0.446. The second kappa shape index (κ2) is 32.9. The second-order valence-corrected chi connectivity index (χ2v) is 26.2. The summed E-state index contributed by atoms with van der Waals surface area (Å²) >= 11 is 0. The normalized spacial score (nSPS) is 10.3. The number of rotatable bonds is 12. The minimum Gasteiger partial charge on any atom is -1.00 e. The van der Waals surface area contributed by atoms with Gasteiger partial charge >= 0.3 is 0 Å². The Morgan fingerprint density at radius 1 is 0.115 bits per heavy atom. The van der Waals surface area contributed by atoms with Crippen LogP contribution in [-0.2, 0) is 20.4 Å². The summed E-state index contributed by atoms with van der Waals surface area (Å²) in [6.45, 7) is 0. The van der Waals surface area contributed by atoms with Gasteiger partial charge in [0.25, 0.3) is 0 Å². The van der Waals surface area contributed by atoms with Gasteiger partial charge in [0.1, 0.15) is 0 Å². The van der Waals surface area contributed by atoms with Crippen LogP contribution in [0.15, 0.2) is 364 Å². The molecule has 0 saturated carbocycles. The van der Waals surface area contributed by atoms with E-state index in [1.807, 2.05) is 0 Å². The van der Waals surface area contributed by atoms with Crippen molar-refractivity contribution >= 4 is 95.3 Å². The molecule has 0 N–H and O–H groups in total. The van der Waals surface area contributed by atoms with Gasteiger partial charge in [-0.05, 0) is 95.3 Å². The third-order valence-corrected chi connectivity index (χ3v) is 21.9. The summed E-state index contributed by atoms with van der Waals surface area (Å²) in [4.78, 5) is 0. The first kappa shape index (κ1) is 59.0. The summed E-state index contributed by atoms with van der Waals surface area (Å²) in [5.74, 6) is 0. The topological polar surface area (TPSA) is 0 Å². The van der Waals surface area contributed by atoms with E-state index in [9.17, 15) is 0 Å². The largest absolute Gasteiger partial charge is 1.00 e. The first-order valence-corrected chi connectivity index (χ1v) is 31.0. The molecule has 12 aromatic carbocycles. The quantitative estimate of drug-likeness (QED) is 0.0845. The van der Waals surface area contributed by atoms with Crippen molar-refractivity contribution in [3.05, 3.63) is 364 Å². The van der Waals surface area contributed by atoms with Crippen molar-refractivity contribution in [3.8, 4) is 0 Å². The zero-order chi connectivity index (χ0) is 51.7. The Morgan fingerprint density at radius 3 is 0.244 bits per heavy atom. The van der Waals surface area contributed by atoms with Gasteiger partial charge in [-0.3, -0.25) is 0 Å². The van der Waals surface area contributed by atoms with Crippen molar-refractivity contribution in [2.24, 2.45) is 0 Å². The third-order valence-electron chi connectivity index (χ3n) is 12.2. The molecule has 78 heavy (non-hydrogen) atoms. The van der Waals surface area contributed by atoms with Gasteiger partial charge in [-0.25, -0.2) is 0 Å². The van der Waals surface area contributed by atoms with Crippen LogP contribution in [0.2, 0.25) is 0 Å². The molecule has 0 atom stereocenters. The molecule has 0 aliphatic carbocycles. The molecule has 0 spiro atoms. The molecule has 0 fully saturated rings. The van der Waals surface area contributed by atoms with E-state index < -0.39 is 31.7 Å². The van der Waals surface area contributed by atoms with Gasteiger partial charge < -0.3 is 12.4 Å². The van der Waals surface area contributed by atoms with Crippen LogP contribution in [-0.4, -0.2) is 0 Å². The second-order valence-electron chi connectivity index (χ2n) is 17.4. The van der Waals surface area contributed by atoms with E-state index in [4.69, 9.17) is 0 Å². The molecular weight excluding hydrogens is 1130 g/mol. The molecular formula is C72H60ClP4Pd-. The number of hydrogen-bond acceptors (Lipinski definition) is 0. The van der Waals surface area contributed by atoms with E-state index in [0.29, 0.717) is 0 Å². The first-order valence-electron chi connectivity index (χ1n) is 25.6. The molecule has 0 bridgehead atoms. The monoisotopic (exact) mass is 1190 g/mol. The van der Waals surface area contributed by atoms with Crippen LogP contribution in [0.1, 0.15) is 0 Å². The van der Waals surface area contributed by atoms with Crippen molar-refractivity contribution in [1.29, 1.82) is 0 Å². The van der Waals surface area contributed by atoms with Gasteiger partial charge in [-0.2, -0.15) is 0 Å². The van der Waals surface area contributed by atoms with Gasteiger partial charge in [-0.1, -0.05) is 364 Å². The molecule has 0 aliphatic heterocycles. The molecule has 0 heterocycles. The zero-order valence-corrected chi connectivity index (χ0v) is 49.0.